The summed E-state index contributed by atoms with van der Waals surface area (Å²) >= 11 is 12.6. The minimum atomic E-state index is -0.620. The van der Waals surface area contributed by atoms with E-state index in [-0.39, 0.29) is 11.7 Å². The van der Waals surface area contributed by atoms with E-state index in [4.69, 9.17) is 28.9 Å². The molecule has 0 spiro atoms. The van der Waals surface area contributed by atoms with Crippen molar-refractivity contribution in [2.24, 2.45) is 5.73 Å². The number of halogens is 2. The summed E-state index contributed by atoms with van der Waals surface area (Å²) in [4.78, 5) is 13.6. The zero-order valence-electron chi connectivity index (χ0n) is 17.3. The molecular weight excluding hydrogens is 431 g/mol. The highest BCUT2D eigenvalue weighted by molar-refractivity contribution is 6.35. The molecule has 0 saturated heterocycles. The van der Waals surface area contributed by atoms with Crippen LogP contribution in [0.4, 0.5) is 0 Å². The summed E-state index contributed by atoms with van der Waals surface area (Å²) in [5, 5.41) is 14.5. The first-order valence-electron chi connectivity index (χ1n) is 9.96. The molecule has 5 nitrogen and oxygen atoms in total. The molecule has 31 heavy (non-hydrogen) atoms. The molecule has 0 unspecified atom stereocenters. The molecule has 1 aliphatic heterocycles. The van der Waals surface area contributed by atoms with Gasteiger partial charge in [-0.05, 0) is 35.6 Å². The lowest BCUT2D eigenvalue weighted by Crippen LogP contribution is -2.46. The van der Waals surface area contributed by atoms with Crippen molar-refractivity contribution in [2.75, 3.05) is 14.1 Å². The average molecular weight is 453 g/mol. The van der Waals surface area contributed by atoms with E-state index in [0.29, 0.717) is 45.4 Å². The van der Waals surface area contributed by atoms with Gasteiger partial charge in [0.1, 0.15) is 5.82 Å². The zero-order chi connectivity index (χ0) is 22.3. The summed E-state index contributed by atoms with van der Waals surface area (Å²) in [6.07, 6.45) is 0.995. The summed E-state index contributed by atoms with van der Waals surface area (Å²) < 4.78 is 0. The van der Waals surface area contributed by atoms with Crippen molar-refractivity contribution in [1.82, 2.24) is 10.0 Å². The third-order valence-electron chi connectivity index (χ3n) is 5.88. The first-order valence-corrected chi connectivity index (χ1v) is 10.7. The SMILES string of the molecule is CN(C)N1C(N)=C(C#N)[C@H](c2ccc(Cl)cc2Cl)C2=C1C[C@@H](c1ccccc1)CC2=O. The number of hydrazine groups is 1. The molecule has 2 aromatic carbocycles. The Balaban J connectivity index is 1.92. The van der Waals surface area contributed by atoms with Crippen LogP contribution in [0.5, 0.6) is 0 Å². The predicted molar refractivity (Wildman–Crippen MR) is 122 cm³/mol. The molecule has 0 saturated carbocycles. The van der Waals surface area contributed by atoms with Crippen LogP contribution in [0.1, 0.15) is 35.8 Å². The zero-order valence-corrected chi connectivity index (χ0v) is 18.8. The maximum Gasteiger partial charge on any atom is 0.162 e. The molecule has 0 aromatic heterocycles. The second-order valence-corrected chi connectivity index (χ2v) is 8.81. The van der Waals surface area contributed by atoms with Crippen molar-refractivity contribution in [3.8, 4) is 6.07 Å². The minimum absolute atomic E-state index is 0.00165. The Hall–Kier alpha value is -2.78. The summed E-state index contributed by atoms with van der Waals surface area (Å²) in [5.41, 5.74) is 9.96. The Morgan fingerprint density at radius 2 is 1.84 bits per heavy atom. The molecule has 0 bridgehead atoms. The summed E-state index contributed by atoms with van der Waals surface area (Å²) in [6.45, 7) is 0. The van der Waals surface area contributed by atoms with Gasteiger partial charge in [0.15, 0.2) is 5.78 Å². The number of carbonyl (C=O) groups is 1. The lowest BCUT2D eigenvalue weighted by atomic mass is 9.72. The highest BCUT2D eigenvalue weighted by Crippen LogP contribution is 2.49. The first-order chi connectivity index (χ1) is 14.8. The maximum atomic E-state index is 13.6. The van der Waals surface area contributed by atoms with Gasteiger partial charge in [-0.15, -0.1) is 0 Å². The summed E-state index contributed by atoms with van der Waals surface area (Å²) in [7, 11) is 3.69. The molecule has 1 aliphatic carbocycles. The molecule has 2 aliphatic rings. The van der Waals surface area contributed by atoms with Crippen molar-refractivity contribution in [2.45, 2.75) is 24.7 Å². The van der Waals surface area contributed by atoms with E-state index in [2.05, 4.69) is 6.07 Å². The van der Waals surface area contributed by atoms with Crippen LogP contribution >= 0.6 is 23.2 Å². The lowest BCUT2D eigenvalue weighted by Gasteiger charge is -2.44. The fourth-order valence-corrected chi connectivity index (χ4v) is 5.09. The van der Waals surface area contributed by atoms with Crippen LogP contribution in [0.2, 0.25) is 10.0 Å². The van der Waals surface area contributed by atoms with Gasteiger partial charge >= 0.3 is 0 Å². The molecule has 4 rings (SSSR count). The predicted octanol–water partition coefficient (Wildman–Crippen LogP) is 4.96. The van der Waals surface area contributed by atoms with Gasteiger partial charge in [0, 0.05) is 41.8 Å². The number of hydrogen-bond donors (Lipinski definition) is 1. The van der Waals surface area contributed by atoms with Crippen molar-refractivity contribution < 1.29 is 4.79 Å². The highest BCUT2D eigenvalue weighted by Gasteiger charge is 2.43. The number of hydrogen-bond acceptors (Lipinski definition) is 5. The number of rotatable bonds is 3. The van der Waals surface area contributed by atoms with Crippen LogP contribution in [0, 0.1) is 11.3 Å². The van der Waals surface area contributed by atoms with Crippen LogP contribution < -0.4 is 5.73 Å². The second-order valence-electron chi connectivity index (χ2n) is 7.97. The van der Waals surface area contributed by atoms with Gasteiger partial charge in [0.05, 0.1) is 17.6 Å². The molecule has 1 heterocycles. The topological polar surface area (TPSA) is 73.4 Å². The van der Waals surface area contributed by atoms with Gasteiger partial charge < -0.3 is 5.73 Å². The van der Waals surface area contributed by atoms with Crippen LogP contribution in [0.25, 0.3) is 0 Å². The Morgan fingerprint density at radius 3 is 2.45 bits per heavy atom. The Kier molecular flexibility index (Phi) is 5.81. The lowest BCUT2D eigenvalue weighted by molar-refractivity contribution is -0.117. The molecule has 0 amide bonds. The largest absolute Gasteiger partial charge is 0.383 e. The van der Waals surface area contributed by atoms with E-state index in [1.165, 1.54) is 0 Å². The van der Waals surface area contributed by atoms with Gasteiger partial charge in [0.2, 0.25) is 0 Å². The van der Waals surface area contributed by atoms with E-state index in [1.807, 2.05) is 49.4 Å². The first kappa shape index (κ1) is 21.5. The summed E-state index contributed by atoms with van der Waals surface area (Å²) in [6, 6.07) is 17.3. The van der Waals surface area contributed by atoms with E-state index in [0.717, 1.165) is 11.3 Å². The van der Waals surface area contributed by atoms with Crippen molar-refractivity contribution in [3.05, 3.63) is 92.4 Å². The number of nitrogens with zero attached hydrogens (tertiary/aromatic N) is 3. The number of ketones is 1. The molecule has 2 atom stereocenters. The van der Waals surface area contributed by atoms with Crippen LogP contribution in [-0.4, -0.2) is 29.9 Å². The van der Waals surface area contributed by atoms with E-state index >= 15 is 0 Å². The average Bonchev–Trinajstić information content (AvgIpc) is 2.73. The number of allylic oxidation sites excluding steroid dienone is 3. The number of benzene rings is 2. The van der Waals surface area contributed by atoms with Crippen LogP contribution in [0.15, 0.2) is 71.2 Å². The van der Waals surface area contributed by atoms with Gasteiger partial charge in [-0.2, -0.15) is 5.26 Å². The van der Waals surface area contributed by atoms with Crippen molar-refractivity contribution >= 4 is 29.0 Å². The Labute approximate surface area is 191 Å². The molecule has 2 N–H and O–H groups in total. The molecule has 0 fully saturated rings. The Bertz CT molecular complexity index is 1150. The third kappa shape index (κ3) is 3.72. The normalized spacial score (nSPS) is 21.4. The number of nitriles is 1. The van der Waals surface area contributed by atoms with Crippen molar-refractivity contribution in [1.29, 1.82) is 5.26 Å². The van der Waals surface area contributed by atoms with Crippen LogP contribution in [-0.2, 0) is 4.79 Å². The third-order valence-corrected chi connectivity index (χ3v) is 6.45. The molecule has 158 valence electrons. The molecule has 0 radical (unpaired) electrons. The molecule has 7 heteroatoms. The fourth-order valence-electron chi connectivity index (χ4n) is 4.58. The smallest absolute Gasteiger partial charge is 0.162 e. The minimum Gasteiger partial charge on any atom is -0.383 e. The summed E-state index contributed by atoms with van der Waals surface area (Å²) in [5.74, 6) is -0.278. The number of nitrogens with two attached hydrogens (primary N) is 1. The van der Waals surface area contributed by atoms with Gasteiger partial charge in [-0.3, -0.25) is 9.80 Å². The van der Waals surface area contributed by atoms with E-state index < -0.39 is 5.92 Å². The van der Waals surface area contributed by atoms with Crippen molar-refractivity contribution in [3.63, 3.8) is 0 Å². The highest BCUT2D eigenvalue weighted by atomic mass is 35.5. The fraction of sp³-hybridized carbons (Fsp3) is 0.250. The number of carbonyl (C=O) groups excluding carboxylic acids is 1. The number of Topliss-reactive ketones (excluding diaryl/α,β-unsaturated/α-hetero) is 1. The molecule has 2 aromatic rings. The van der Waals surface area contributed by atoms with Gasteiger partial charge in [-0.25, -0.2) is 5.01 Å². The van der Waals surface area contributed by atoms with Crippen LogP contribution in [0.3, 0.4) is 0 Å². The van der Waals surface area contributed by atoms with E-state index in [9.17, 15) is 10.1 Å². The standard InChI is InChI=1S/C24H22Cl2N4O/c1-29(2)30-20-10-15(14-6-4-3-5-7-14)11-21(31)23(20)22(18(13-27)24(30)28)17-9-8-16(25)12-19(17)26/h3-9,12,15,22H,10-11,28H2,1-2H3/t15-,22+/m1/s1. The maximum absolute atomic E-state index is 13.6. The van der Waals surface area contributed by atoms with Gasteiger partial charge in [-0.1, -0.05) is 59.6 Å². The molecular formula is C24H22Cl2N4O. The monoisotopic (exact) mass is 452 g/mol. The Morgan fingerprint density at radius 1 is 1.13 bits per heavy atom. The second kappa shape index (κ2) is 8.39. The van der Waals surface area contributed by atoms with Gasteiger partial charge in [0.25, 0.3) is 0 Å². The van der Waals surface area contributed by atoms with E-state index in [1.54, 1.807) is 23.2 Å². The quantitative estimate of drug-likeness (QED) is 0.711.